The van der Waals surface area contributed by atoms with Gasteiger partial charge in [-0.25, -0.2) is 4.79 Å². The van der Waals surface area contributed by atoms with Crippen LogP contribution in [0.3, 0.4) is 0 Å². The molecule has 3 rings (SSSR count). The Labute approximate surface area is 109 Å². The fraction of sp³-hybridized carbons (Fsp3) is 0.857. The van der Waals surface area contributed by atoms with E-state index in [0.29, 0.717) is 23.7 Å². The molecule has 0 aromatic rings. The van der Waals surface area contributed by atoms with Gasteiger partial charge in [-0.15, -0.1) is 0 Å². The Morgan fingerprint density at radius 3 is 2.56 bits per heavy atom. The smallest absolute Gasteiger partial charge is 0.346 e. The van der Waals surface area contributed by atoms with Crippen LogP contribution >= 0.6 is 0 Å². The number of amides is 2. The first kappa shape index (κ1) is 12.0. The van der Waals surface area contributed by atoms with Crippen molar-refractivity contribution in [3.05, 3.63) is 0 Å². The molecule has 2 amide bonds. The van der Waals surface area contributed by atoms with E-state index >= 15 is 0 Å². The van der Waals surface area contributed by atoms with Crippen LogP contribution in [-0.4, -0.2) is 28.3 Å². The molecule has 0 spiro atoms. The molecule has 4 heteroatoms. The summed E-state index contributed by atoms with van der Waals surface area (Å²) >= 11 is 0. The number of rotatable bonds is 5. The highest BCUT2D eigenvalue weighted by Gasteiger charge is 2.60. The maximum Gasteiger partial charge on any atom is 0.346 e. The summed E-state index contributed by atoms with van der Waals surface area (Å²) in [5, 5.41) is 0. The van der Waals surface area contributed by atoms with E-state index in [0.717, 1.165) is 25.7 Å². The minimum Gasteiger partial charge on any atom is -0.385 e. The zero-order valence-electron chi connectivity index (χ0n) is 11.4. The number of nitrogens with zero attached hydrogens (tertiary/aromatic N) is 2. The highest BCUT2D eigenvalue weighted by atomic mass is 16.2. The van der Waals surface area contributed by atoms with Crippen LogP contribution < -0.4 is 5.73 Å². The van der Waals surface area contributed by atoms with Gasteiger partial charge in [-0.2, -0.15) is 4.99 Å². The standard InChI is InChI=1S/C14H23N3O/c1-9(2)7-8-14(10-3-4-10)12(15)16-13(18)17(14)11-5-6-11/h9-11H,3-8H2,1-2H3,(H2,15,16,18). The molecule has 0 saturated heterocycles. The van der Waals surface area contributed by atoms with Crippen molar-refractivity contribution in [3.8, 4) is 0 Å². The van der Waals surface area contributed by atoms with Crippen molar-refractivity contribution in [1.29, 1.82) is 0 Å². The van der Waals surface area contributed by atoms with Crippen molar-refractivity contribution < 1.29 is 4.79 Å². The van der Waals surface area contributed by atoms with Gasteiger partial charge in [0.25, 0.3) is 0 Å². The largest absolute Gasteiger partial charge is 0.385 e. The molecule has 3 aliphatic rings. The number of carbonyl (C=O) groups excluding carboxylic acids is 1. The van der Waals surface area contributed by atoms with Gasteiger partial charge in [-0.1, -0.05) is 13.8 Å². The first-order valence-corrected chi connectivity index (χ1v) is 7.23. The van der Waals surface area contributed by atoms with Gasteiger partial charge in [0.05, 0.1) is 0 Å². The van der Waals surface area contributed by atoms with Crippen LogP contribution in [0.15, 0.2) is 4.99 Å². The van der Waals surface area contributed by atoms with Crippen LogP contribution in [0.4, 0.5) is 4.79 Å². The molecule has 1 aliphatic heterocycles. The van der Waals surface area contributed by atoms with Gasteiger partial charge in [0, 0.05) is 6.04 Å². The molecule has 1 atom stereocenters. The second-order valence-corrected chi connectivity index (χ2v) is 6.51. The molecule has 0 radical (unpaired) electrons. The van der Waals surface area contributed by atoms with Crippen LogP contribution in [0.1, 0.15) is 52.4 Å². The van der Waals surface area contributed by atoms with Crippen molar-refractivity contribution >= 4 is 11.9 Å². The zero-order valence-corrected chi connectivity index (χ0v) is 11.4. The van der Waals surface area contributed by atoms with Crippen molar-refractivity contribution in [1.82, 2.24) is 4.90 Å². The molecular weight excluding hydrogens is 226 g/mol. The fourth-order valence-electron chi connectivity index (χ4n) is 3.29. The summed E-state index contributed by atoms with van der Waals surface area (Å²) in [6.45, 7) is 4.46. The van der Waals surface area contributed by atoms with Crippen molar-refractivity contribution in [3.63, 3.8) is 0 Å². The Balaban J connectivity index is 1.89. The van der Waals surface area contributed by atoms with Gasteiger partial charge in [-0.3, -0.25) is 0 Å². The van der Waals surface area contributed by atoms with Crippen LogP contribution in [0.5, 0.6) is 0 Å². The highest BCUT2D eigenvalue weighted by Crippen LogP contribution is 2.51. The Kier molecular flexibility index (Phi) is 2.65. The van der Waals surface area contributed by atoms with E-state index in [1.165, 1.54) is 12.8 Å². The predicted octanol–water partition coefficient (Wildman–Crippen LogP) is 2.53. The summed E-state index contributed by atoms with van der Waals surface area (Å²) in [5.74, 6) is 1.81. The van der Waals surface area contributed by atoms with Gasteiger partial charge in [0.1, 0.15) is 11.4 Å². The molecule has 2 N–H and O–H groups in total. The zero-order chi connectivity index (χ0) is 12.9. The summed E-state index contributed by atoms with van der Waals surface area (Å²) in [6, 6.07) is 0.334. The average molecular weight is 249 g/mol. The summed E-state index contributed by atoms with van der Waals surface area (Å²) < 4.78 is 0. The number of hydrogen-bond donors (Lipinski definition) is 1. The van der Waals surface area contributed by atoms with E-state index in [-0.39, 0.29) is 11.6 Å². The predicted molar refractivity (Wildman–Crippen MR) is 71.4 cm³/mol. The topological polar surface area (TPSA) is 58.7 Å². The quantitative estimate of drug-likeness (QED) is 0.814. The number of urea groups is 1. The van der Waals surface area contributed by atoms with Crippen LogP contribution in [-0.2, 0) is 0 Å². The molecule has 0 aromatic heterocycles. The van der Waals surface area contributed by atoms with Crippen molar-refractivity contribution in [2.45, 2.75) is 64.0 Å². The molecule has 0 aromatic carbocycles. The lowest BCUT2D eigenvalue weighted by Gasteiger charge is -2.39. The molecule has 1 heterocycles. The third-order valence-electron chi connectivity index (χ3n) is 4.56. The minimum atomic E-state index is -0.220. The van der Waals surface area contributed by atoms with Gasteiger partial charge in [-0.05, 0) is 50.4 Å². The van der Waals surface area contributed by atoms with Gasteiger partial charge in [0.15, 0.2) is 0 Å². The second-order valence-electron chi connectivity index (χ2n) is 6.51. The molecule has 100 valence electrons. The van der Waals surface area contributed by atoms with Crippen molar-refractivity contribution in [2.24, 2.45) is 22.6 Å². The third kappa shape index (κ3) is 1.73. The van der Waals surface area contributed by atoms with Crippen LogP contribution in [0.25, 0.3) is 0 Å². The lowest BCUT2D eigenvalue weighted by atomic mass is 9.83. The number of amidine groups is 1. The first-order valence-electron chi connectivity index (χ1n) is 7.23. The van der Waals surface area contributed by atoms with E-state index in [1.54, 1.807) is 0 Å². The molecule has 2 aliphatic carbocycles. The third-order valence-corrected chi connectivity index (χ3v) is 4.56. The summed E-state index contributed by atoms with van der Waals surface area (Å²) in [4.78, 5) is 18.3. The Morgan fingerprint density at radius 2 is 2.06 bits per heavy atom. The number of aliphatic imine (C=N–C) groups is 1. The molecule has 1 unspecified atom stereocenters. The van der Waals surface area contributed by atoms with E-state index in [9.17, 15) is 4.79 Å². The maximum atomic E-state index is 12.1. The van der Waals surface area contributed by atoms with E-state index in [4.69, 9.17) is 5.73 Å². The molecule has 2 fully saturated rings. The fourth-order valence-corrected chi connectivity index (χ4v) is 3.29. The second kappa shape index (κ2) is 3.97. The summed E-state index contributed by atoms with van der Waals surface area (Å²) in [6.07, 6.45) is 6.77. The van der Waals surface area contributed by atoms with E-state index < -0.39 is 0 Å². The van der Waals surface area contributed by atoms with E-state index in [2.05, 4.69) is 18.8 Å². The molecular formula is C14H23N3O. The average Bonchev–Trinajstić information content (AvgIpc) is 3.13. The normalized spacial score (nSPS) is 32.3. The molecule has 4 nitrogen and oxygen atoms in total. The summed E-state index contributed by atoms with van der Waals surface area (Å²) in [7, 11) is 0. The van der Waals surface area contributed by atoms with Gasteiger partial charge >= 0.3 is 6.03 Å². The highest BCUT2D eigenvalue weighted by molar-refractivity contribution is 6.06. The Morgan fingerprint density at radius 1 is 1.39 bits per heavy atom. The SMILES string of the molecule is CC(C)CCC1(C2CC2)C(N)=NC(=O)N1C1CC1. The van der Waals surface area contributed by atoms with Gasteiger partial charge < -0.3 is 10.6 Å². The number of nitrogens with two attached hydrogens (primary N) is 1. The lowest BCUT2D eigenvalue weighted by molar-refractivity contribution is 0.140. The lowest BCUT2D eigenvalue weighted by Crippen LogP contribution is -2.57. The minimum absolute atomic E-state index is 0.0781. The monoisotopic (exact) mass is 249 g/mol. The molecule has 0 bridgehead atoms. The number of carbonyl (C=O) groups is 1. The Hall–Kier alpha value is -1.06. The van der Waals surface area contributed by atoms with Crippen LogP contribution in [0, 0.1) is 11.8 Å². The first-order chi connectivity index (χ1) is 8.55. The van der Waals surface area contributed by atoms with Crippen LogP contribution in [0.2, 0.25) is 0 Å². The van der Waals surface area contributed by atoms with Gasteiger partial charge in [0.2, 0.25) is 0 Å². The molecule has 2 saturated carbocycles. The molecule has 18 heavy (non-hydrogen) atoms. The van der Waals surface area contributed by atoms with E-state index in [1.807, 2.05) is 4.90 Å². The number of hydrogen-bond acceptors (Lipinski definition) is 2. The maximum absolute atomic E-state index is 12.1. The van der Waals surface area contributed by atoms with Crippen molar-refractivity contribution in [2.75, 3.05) is 0 Å². The summed E-state index contributed by atoms with van der Waals surface area (Å²) in [5.41, 5.74) is 5.96. The Bertz CT molecular complexity index is 396.